The summed E-state index contributed by atoms with van der Waals surface area (Å²) in [6, 6.07) is 21.0. The Balaban J connectivity index is 1.76. The summed E-state index contributed by atoms with van der Waals surface area (Å²) in [4.78, 5) is 4.53. The Morgan fingerprint density at radius 3 is 2.08 bits per heavy atom. The van der Waals surface area contributed by atoms with Gasteiger partial charge in [0.2, 0.25) is 0 Å². The van der Waals surface area contributed by atoms with Crippen molar-refractivity contribution in [1.29, 1.82) is 0 Å². The van der Waals surface area contributed by atoms with Crippen molar-refractivity contribution in [2.75, 3.05) is 4.90 Å². The van der Waals surface area contributed by atoms with Crippen molar-refractivity contribution in [3.63, 3.8) is 0 Å². The van der Waals surface area contributed by atoms with E-state index in [0.717, 1.165) is 17.1 Å². The SMILES string of the molecule is CC1=CB2C=CC(N(c3ccccc3)c3ccccc3)=CN2C=C1. The first-order chi connectivity index (χ1) is 11.8. The molecule has 0 amide bonds. The van der Waals surface area contributed by atoms with E-state index < -0.39 is 0 Å². The zero-order valence-corrected chi connectivity index (χ0v) is 13.7. The number of allylic oxidation sites excluding steroid dienone is 3. The molecule has 4 rings (SSSR count). The summed E-state index contributed by atoms with van der Waals surface area (Å²) in [7, 11) is 0. The second kappa shape index (κ2) is 6.28. The fourth-order valence-electron chi connectivity index (χ4n) is 3.12. The van der Waals surface area contributed by atoms with Gasteiger partial charge in [0.25, 0.3) is 0 Å². The average molecular weight is 310 g/mol. The molecule has 0 unspecified atom stereocenters. The first-order valence-electron chi connectivity index (χ1n) is 8.25. The fraction of sp³-hybridized carbons (Fsp3) is 0.0476. The molecule has 2 aromatic carbocycles. The zero-order chi connectivity index (χ0) is 16.4. The van der Waals surface area contributed by atoms with E-state index in [0.29, 0.717) is 6.85 Å². The first kappa shape index (κ1) is 14.6. The van der Waals surface area contributed by atoms with Crippen molar-refractivity contribution < 1.29 is 0 Å². The predicted molar refractivity (Wildman–Crippen MR) is 103 cm³/mol. The van der Waals surface area contributed by atoms with Gasteiger partial charge in [-0.3, -0.25) is 0 Å². The molecule has 116 valence electrons. The van der Waals surface area contributed by atoms with Crippen LogP contribution in [0.15, 0.2) is 108 Å². The van der Waals surface area contributed by atoms with E-state index in [1.807, 2.05) is 0 Å². The summed E-state index contributed by atoms with van der Waals surface area (Å²) < 4.78 is 0. The Bertz CT molecular complexity index is 795. The Morgan fingerprint density at radius 1 is 0.833 bits per heavy atom. The summed E-state index contributed by atoms with van der Waals surface area (Å²) in [5, 5.41) is 0. The van der Waals surface area contributed by atoms with Crippen molar-refractivity contribution in [3.05, 3.63) is 108 Å². The van der Waals surface area contributed by atoms with Gasteiger partial charge in [-0.1, -0.05) is 53.9 Å². The van der Waals surface area contributed by atoms with Crippen LogP contribution >= 0.6 is 0 Å². The molecule has 0 N–H and O–H groups in total. The summed E-state index contributed by atoms with van der Waals surface area (Å²) >= 11 is 0. The standard InChI is InChI=1S/C21H19BN2/c1-18-13-15-23-17-21(12-14-22(23)16-18)24(19-8-4-2-5-9-19)20-10-6-3-7-11-20/h2-17H,1H3. The van der Waals surface area contributed by atoms with E-state index in [4.69, 9.17) is 0 Å². The Labute approximate surface area is 143 Å². The third-order valence-electron chi connectivity index (χ3n) is 4.32. The molecule has 2 aromatic rings. The highest BCUT2D eigenvalue weighted by Crippen LogP contribution is 2.32. The highest BCUT2D eigenvalue weighted by Gasteiger charge is 2.23. The molecular weight excluding hydrogens is 291 g/mol. The molecule has 0 aromatic heterocycles. The second-order valence-electron chi connectivity index (χ2n) is 6.08. The molecule has 0 bridgehead atoms. The molecule has 0 aliphatic carbocycles. The van der Waals surface area contributed by atoms with Gasteiger partial charge in [-0.2, -0.15) is 0 Å². The van der Waals surface area contributed by atoms with Crippen LogP contribution in [0.2, 0.25) is 0 Å². The Morgan fingerprint density at radius 2 is 1.46 bits per heavy atom. The molecule has 2 aliphatic rings. The van der Waals surface area contributed by atoms with Crippen LogP contribution in [0.3, 0.4) is 0 Å². The molecule has 0 fully saturated rings. The quantitative estimate of drug-likeness (QED) is 0.729. The zero-order valence-electron chi connectivity index (χ0n) is 13.7. The van der Waals surface area contributed by atoms with Crippen molar-refractivity contribution in [2.24, 2.45) is 0 Å². The minimum Gasteiger partial charge on any atom is -0.388 e. The normalized spacial score (nSPS) is 15.7. The number of rotatable bonds is 3. The van der Waals surface area contributed by atoms with Gasteiger partial charge in [0.05, 0.1) is 5.70 Å². The Kier molecular flexibility index (Phi) is 3.83. The van der Waals surface area contributed by atoms with Crippen LogP contribution in [0.5, 0.6) is 0 Å². The van der Waals surface area contributed by atoms with E-state index in [2.05, 4.69) is 114 Å². The molecule has 2 heterocycles. The minimum absolute atomic E-state index is 0.312. The second-order valence-corrected chi connectivity index (χ2v) is 6.08. The van der Waals surface area contributed by atoms with Crippen molar-refractivity contribution in [1.82, 2.24) is 4.81 Å². The van der Waals surface area contributed by atoms with Crippen LogP contribution in [-0.4, -0.2) is 11.7 Å². The van der Waals surface area contributed by atoms with Gasteiger partial charge in [0, 0.05) is 17.6 Å². The molecule has 2 aliphatic heterocycles. The number of hydrogen-bond donors (Lipinski definition) is 0. The van der Waals surface area contributed by atoms with E-state index >= 15 is 0 Å². The third-order valence-corrected chi connectivity index (χ3v) is 4.32. The summed E-state index contributed by atoms with van der Waals surface area (Å²) in [6.45, 7) is 2.45. The number of fused-ring (bicyclic) bond motifs is 1. The average Bonchev–Trinajstić information content (AvgIpc) is 2.64. The first-order valence-corrected chi connectivity index (χ1v) is 8.25. The van der Waals surface area contributed by atoms with Crippen LogP contribution in [0, 0.1) is 0 Å². The van der Waals surface area contributed by atoms with Crippen LogP contribution in [0.25, 0.3) is 0 Å². The van der Waals surface area contributed by atoms with E-state index in [-0.39, 0.29) is 0 Å². The topological polar surface area (TPSA) is 6.48 Å². The van der Waals surface area contributed by atoms with Gasteiger partial charge in [-0.25, -0.2) is 0 Å². The maximum absolute atomic E-state index is 2.28. The molecule has 0 spiro atoms. The predicted octanol–water partition coefficient (Wildman–Crippen LogP) is 5.08. The maximum Gasteiger partial charge on any atom is 0.312 e. The van der Waals surface area contributed by atoms with Gasteiger partial charge < -0.3 is 9.71 Å². The summed E-state index contributed by atoms with van der Waals surface area (Å²) in [5.41, 5.74) is 4.78. The lowest BCUT2D eigenvalue weighted by atomic mass is 9.57. The molecular formula is C21H19BN2. The smallest absolute Gasteiger partial charge is 0.312 e. The highest BCUT2D eigenvalue weighted by atomic mass is 15.2. The summed E-state index contributed by atoms with van der Waals surface area (Å²) in [6.07, 6.45) is 8.73. The molecule has 0 atom stereocenters. The maximum atomic E-state index is 2.28. The van der Waals surface area contributed by atoms with Gasteiger partial charge in [0.1, 0.15) is 0 Å². The molecule has 2 nitrogen and oxygen atoms in total. The van der Waals surface area contributed by atoms with Crippen molar-refractivity contribution in [2.45, 2.75) is 6.92 Å². The van der Waals surface area contributed by atoms with Gasteiger partial charge in [-0.05, 0) is 49.5 Å². The van der Waals surface area contributed by atoms with Crippen LogP contribution in [-0.2, 0) is 0 Å². The van der Waals surface area contributed by atoms with Crippen molar-refractivity contribution in [3.8, 4) is 0 Å². The molecule has 3 heteroatoms. The van der Waals surface area contributed by atoms with E-state index in [9.17, 15) is 0 Å². The molecule has 0 saturated carbocycles. The van der Waals surface area contributed by atoms with Crippen LogP contribution < -0.4 is 4.90 Å². The fourth-order valence-corrected chi connectivity index (χ4v) is 3.12. The van der Waals surface area contributed by atoms with Crippen LogP contribution in [0.4, 0.5) is 11.4 Å². The summed E-state index contributed by atoms with van der Waals surface area (Å²) in [5.74, 6) is 4.53. The molecule has 24 heavy (non-hydrogen) atoms. The lowest BCUT2D eigenvalue weighted by Crippen LogP contribution is -2.34. The number of nitrogens with zero attached hydrogens (tertiary/aromatic N) is 2. The van der Waals surface area contributed by atoms with E-state index in [1.165, 1.54) is 5.57 Å². The molecule has 0 saturated heterocycles. The van der Waals surface area contributed by atoms with Crippen LogP contribution in [0.1, 0.15) is 6.92 Å². The highest BCUT2D eigenvalue weighted by molar-refractivity contribution is 6.68. The van der Waals surface area contributed by atoms with E-state index in [1.54, 1.807) is 0 Å². The van der Waals surface area contributed by atoms with Gasteiger partial charge >= 0.3 is 6.85 Å². The minimum atomic E-state index is 0.312. The third kappa shape index (κ3) is 2.81. The monoisotopic (exact) mass is 310 g/mol. The number of para-hydroxylation sites is 2. The number of anilines is 2. The van der Waals surface area contributed by atoms with Gasteiger partial charge in [0.15, 0.2) is 0 Å². The Hall–Kier alpha value is -2.94. The number of hydrogen-bond acceptors (Lipinski definition) is 2. The lowest BCUT2D eigenvalue weighted by molar-refractivity contribution is 0.774. The largest absolute Gasteiger partial charge is 0.388 e. The number of benzene rings is 2. The van der Waals surface area contributed by atoms with Gasteiger partial charge in [-0.15, -0.1) is 0 Å². The van der Waals surface area contributed by atoms with Crippen molar-refractivity contribution >= 4 is 18.2 Å². The molecule has 0 radical (unpaired) electrons. The lowest BCUT2D eigenvalue weighted by Gasteiger charge is -2.33.